The maximum absolute atomic E-state index is 5.41. The van der Waals surface area contributed by atoms with Crippen LogP contribution < -0.4 is 11.3 Å². The Morgan fingerprint density at radius 2 is 2.08 bits per heavy atom. The molecule has 0 unspecified atom stereocenters. The lowest BCUT2D eigenvalue weighted by Gasteiger charge is -2.22. The fraction of sp³-hybridized carbons (Fsp3) is 0.889. The van der Waals surface area contributed by atoms with Crippen LogP contribution in [0.5, 0.6) is 0 Å². The van der Waals surface area contributed by atoms with Crippen molar-refractivity contribution in [3.63, 3.8) is 0 Å². The molecule has 0 saturated heterocycles. The van der Waals surface area contributed by atoms with Crippen LogP contribution in [0.2, 0.25) is 0 Å². The summed E-state index contributed by atoms with van der Waals surface area (Å²) in [6, 6.07) is 0. The van der Waals surface area contributed by atoms with Crippen LogP contribution in [0.15, 0.2) is 4.99 Å². The van der Waals surface area contributed by atoms with E-state index in [0.717, 1.165) is 12.4 Å². The van der Waals surface area contributed by atoms with Gasteiger partial charge in [-0.05, 0) is 19.8 Å². The number of hydrogen-bond donors (Lipinski definition) is 2. The summed E-state index contributed by atoms with van der Waals surface area (Å²) in [6.07, 6.45) is 6.54. The lowest BCUT2D eigenvalue weighted by molar-refractivity contribution is 0.431. The van der Waals surface area contributed by atoms with E-state index in [2.05, 4.69) is 10.4 Å². The Labute approximate surface area is 74.4 Å². The molecule has 0 amide bonds. The Kier molecular flexibility index (Phi) is 4.08. The molecule has 0 aliphatic heterocycles. The number of hydrogen-bond acceptors (Lipinski definition) is 2. The third-order valence-electron chi connectivity index (χ3n) is 2.47. The van der Waals surface area contributed by atoms with E-state index in [1.54, 1.807) is 0 Å². The van der Waals surface area contributed by atoms with E-state index in [-0.39, 0.29) is 0 Å². The fourth-order valence-corrected chi connectivity index (χ4v) is 1.84. The molecule has 70 valence electrons. The minimum absolute atomic E-state index is 0.601. The Balaban J connectivity index is 2.46. The summed E-state index contributed by atoms with van der Waals surface area (Å²) >= 11 is 0. The zero-order valence-corrected chi connectivity index (χ0v) is 7.84. The Morgan fingerprint density at radius 1 is 1.42 bits per heavy atom. The summed E-state index contributed by atoms with van der Waals surface area (Å²) in [5, 5.41) is 0. The SMILES string of the molecule is CCN=C(NN)C1CCCCC1. The molecule has 1 aliphatic carbocycles. The molecule has 1 rings (SSSR count). The van der Waals surface area contributed by atoms with Gasteiger partial charge in [0.2, 0.25) is 0 Å². The van der Waals surface area contributed by atoms with Gasteiger partial charge in [-0.25, -0.2) is 5.84 Å². The molecule has 0 aromatic heterocycles. The normalized spacial score (nSPS) is 21.0. The van der Waals surface area contributed by atoms with Crippen LogP contribution >= 0.6 is 0 Å². The zero-order chi connectivity index (χ0) is 8.81. The van der Waals surface area contributed by atoms with Gasteiger partial charge in [0.05, 0.1) is 0 Å². The summed E-state index contributed by atoms with van der Waals surface area (Å²) in [5.41, 5.74) is 2.72. The number of aliphatic imine (C=N–C) groups is 1. The molecule has 0 atom stereocenters. The molecule has 0 spiro atoms. The van der Waals surface area contributed by atoms with Crippen LogP contribution in [-0.2, 0) is 0 Å². The van der Waals surface area contributed by atoms with Crippen molar-refractivity contribution in [1.82, 2.24) is 5.43 Å². The highest BCUT2D eigenvalue weighted by atomic mass is 15.3. The van der Waals surface area contributed by atoms with Gasteiger partial charge in [-0.15, -0.1) is 0 Å². The van der Waals surface area contributed by atoms with Crippen LogP contribution in [0.4, 0.5) is 0 Å². The van der Waals surface area contributed by atoms with Crippen LogP contribution in [-0.4, -0.2) is 12.4 Å². The van der Waals surface area contributed by atoms with E-state index < -0.39 is 0 Å². The highest BCUT2D eigenvalue weighted by Crippen LogP contribution is 2.23. The first kappa shape index (κ1) is 9.52. The number of hydrazine groups is 1. The van der Waals surface area contributed by atoms with Gasteiger partial charge in [-0.2, -0.15) is 0 Å². The lowest BCUT2D eigenvalue weighted by Crippen LogP contribution is -2.37. The minimum Gasteiger partial charge on any atom is -0.312 e. The molecule has 3 N–H and O–H groups in total. The third kappa shape index (κ3) is 2.48. The molecule has 0 heterocycles. The summed E-state index contributed by atoms with van der Waals surface area (Å²) in [5.74, 6) is 7.02. The second-order valence-electron chi connectivity index (χ2n) is 3.34. The first-order chi connectivity index (χ1) is 5.88. The number of nitrogens with two attached hydrogens (primary N) is 1. The summed E-state index contributed by atoms with van der Waals surface area (Å²) < 4.78 is 0. The van der Waals surface area contributed by atoms with Crippen molar-refractivity contribution >= 4 is 5.84 Å². The average Bonchev–Trinajstić information content (AvgIpc) is 2.15. The molecule has 0 aromatic rings. The van der Waals surface area contributed by atoms with Crippen molar-refractivity contribution in [3.8, 4) is 0 Å². The summed E-state index contributed by atoms with van der Waals surface area (Å²) in [7, 11) is 0. The molecule has 0 aromatic carbocycles. The Hall–Kier alpha value is -0.570. The Morgan fingerprint density at radius 3 is 2.58 bits per heavy atom. The molecular formula is C9H19N3. The first-order valence-corrected chi connectivity index (χ1v) is 4.89. The summed E-state index contributed by atoms with van der Waals surface area (Å²) in [4.78, 5) is 4.35. The largest absolute Gasteiger partial charge is 0.312 e. The molecule has 1 fully saturated rings. The maximum Gasteiger partial charge on any atom is 0.113 e. The fourth-order valence-electron chi connectivity index (χ4n) is 1.84. The number of nitrogens with zero attached hydrogens (tertiary/aromatic N) is 1. The molecule has 1 aliphatic rings. The van der Waals surface area contributed by atoms with Gasteiger partial charge < -0.3 is 5.43 Å². The third-order valence-corrected chi connectivity index (χ3v) is 2.47. The molecule has 3 nitrogen and oxygen atoms in total. The van der Waals surface area contributed by atoms with E-state index in [1.165, 1.54) is 32.1 Å². The number of amidine groups is 1. The van der Waals surface area contributed by atoms with Gasteiger partial charge in [0.15, 0.2) is 0 Å². The van der Waals surface area contributed by atoms with E-state index in [9.17, 15) is 0 Å². The second-order valence-corrected chi connectivity index (χ2v) is 3.34. The molecular weight excluding hydrogens is 150 g/mol. The minimum atomic E-state index is 0.601. The summed E-state index contributed by atoms with van der Waals surface area (Å²) in [6.45, 7) is 2.87. The highest BCUT2D eigenvalue weighted by Gasteiger charge is 2.17. The van der Waals surface area contributed by atoms with Crippen molar-refractivity contribution in [1.29, 1.82) is 0 Å². The quantitative estimate of drug-likeness (QED) is 0.284. The van der Waals surface area contributed by atoms with Crippen LogP contribution in [0.3, 0.4) is 0 Å². The Bertz CT molecular complexity index is 148. The van der Waals surface area contributed by atoms with Gasteiger partial charge >= 0.3 is 0 Å². The van der Waals surface area contributed by atoms with Gasteiger partial charge in [0.25, 0.3) is 0 Å². The van der Waals surface area contributed by atoms with E-state index in [0.29, 0.717) is 5.92 Å². The van der Waals surface area contributed by atoms with Crippen molar-refractivity contribution in [2.75, 3.05) is 6.54 Å². The molecule has 0 bridgehead atoms. The number of nitrogens with one attached hydrogen (secondary N) is 1. The standard InChI is InChI=1S/C9H19N3/c1-2-11-9(12-10)8-6-4-3-5-7-8/h8H,2-7,10H2,1H3,(H,11,12). The predicted octanol–water partition coefficient (Wildman–Crippen LogP) is 1.45. The molecule has 1 saturated carbocycles. The van der Waals surface area contributed by atoms with Gasteiger partial charge in [-0.3, -0.25) is 4.99 Å². The predicted molar refractivity (Wildman–Crippen MR) is 51.9 cm³/mol. The van der Waals surface area contributed by atoms with Crippen LogP contribution in [0.1, 0.15) is 39.0 Å². The zero-order valence-electron chi connectivity index (χ0n) is 7.84. The first-order valence-electron chi connectivity index (χ1n) is 4.89. The highest BCUT2D eigenvalue weighted by molar-refractivity contribution is 5.84. The topological polar surface area (TPSA) is 50.4 Å². The molecule has 12 heavy (non-hydrogen) atoms. The molecule has 3 heteroatoms. The van der Waals surface area contributed by atoms with Crippen molar-refractivity contribution in [2.45, 2.75) is 39.0 Å². The van der Waals surface area contributed by atoms with E-state index in [1.807, 2.05) is 6.92 Å². The second kappa shape index (κ2) is 5.14. The van der Waals surface area contributed by atoms with E-state index in [4.69, 9.17) is 5.84 Å². The van der Waals surface area contributed by atoms with Crippen LogP contribution in [0, 0.1) is 5.92 Å². The van der Waals surface area contributed by atoms with Gasteiger partial charge in [-0.1, -0.05) is 19.3 Å². The smallest absolute Gasteiger partial charge is 0.113 e. The average molecular weight is 169 g/mol. The van der Waals surface area contributed by atoms with E-state index >= 15 is 0 Å². The van der Waals surface area contributed by atoms with Crippen molar-refractivity contribution < 1.29 is 0 Å². The van der Waals surface area contributed by atoms with Crippen LogP contribution in [0.25, 0.3) is 0 Å². The monoisotopic (exact) mass is 169 g/mol. The molecule has 0 radical (unpaired) electrons. The maximum atomic E-state index is 5.41. The van der Waals surface area contributed by atoms with Gasteiger partial charge in [0.1, 0.15) is 5.84 Å². The van der Waals surface area contributed by atoms with Crippen molar-refractivity contribution in [3.05, 3.63) is 0 Å². The van der Waals surface area contributed by atoms with Gasteiger partial charge in [0, 0.05) is 12.5 Å². The number of rotatable bonds is 2. The van der Waals surface area contributed by atoms with Crippen molar-refractivity contribution in [2.24, 2.45) is 16.8 Å². The lowest BCUT2D eigenvalue weighted by atomic mass is 9.88.